The van der Waals surface area contributed by atoms with E-state index in [0.29, 0.717) is 12.1 Å². The van der Waals surface area contributed by atoms with Crippen molar-refractivity contribution in [1.82, 2.24) is 25.9 Å². The minimum atomic E-state index is -1.39. The number of H-pyrrole nitrogens is 1. The van der Waals surface area contributed by atoms with Gasteiger partial charge in [-0.15, -0.1) is 0 Å². The molecule has 0 aliphatic rings. The number of carbonyl (C=O) groups is 4. The van der Waals surface area contributed by atoms with E-state index in [1.807, 2.05) is 6.92 Å². The fraction of sp³-hybridized carbons (Fsp3) is 0.611. The van der Waals surface area contributed by atoms with Gasteiger partial charge in [-0.1, -0.05) is 20.3 Å². The van der Waals surface area contributed by atoms with Crippen molar-refractivity contribution in [2.75, 3.05) is 6.54 Å². The van der Waals surface area contributed by atoms with Crippen LogP contribution in [0.25, 0.3) is 0 Å². The van der Waals surface area contributed by atoms with Crippen LogP contribution in [0.3, 0.4) is 0 Å². The van der Waals surface area contributed by atoms with Gasteiger partial charge in [0.15, 0.2) is 0 Å². The first-order chi connectivity index (χ1) is 14.1. The molecule has 0 bridgehead atoms. The Labute approximate surface area is 174 Å². The number of aliphatic carboxylic acids is 1. The number of carbonyl (C=O) groups excluding carboxylic acids is 3. The number of nitrogens with two attached hydrogens (primary N) is 1. The molecule has 0 aliphatic carbocycles. The zero-order chi connectivity index (χ0) is 22.8. The maximum atomic E-state index is 12.8. The fourth-order valence-corrected chi connectivity index (χ4v) is 2.61. The lowest BCUT2D eigenvalue weighted by Crippen LogP contribution is -2.60. The minimum Gasteiger partial charge on any atom is -0.480 e. The monoisotopic (exact) mass is 426 g/mol. The van der Waals surface area contributed by atoms with Crippen molar-refractivity contribution >= 4 is 23.7 Å². The molecule has 0 saturated carbocycles. The first kappa shape index (κ1) is 25.0. The van der Waals surface area contributed by atoms with Gasteiger partial charge in [-0.25, -0.2) is 4.98 Å². The Morgan fingerprint density at radius 3 is 2.27 bits per heavy atom. The smallest absolute Gasteiger partial charge is 0.322 e. The van der Waals surface area contributed by atoms with E-state index in [0.717, 1.165) is 0 Å². The van der Waals surface area contributed by atoms with E-state index in [9.17, 15) is 24.3 Å². The predicted octanol–water partition coefficient (Wildman–Crippen LogP) is -2.12. The zero-order valence-corrected chi connectivity index (χ0v) is 17.2. The van der Waals surface area contributed by atoms with E-state index in [1.54, 1.807) is 6.92 Å². The first-order valence-electron chi connectivity index (χ1n) is 9.57. The number of aliphatic hydroxyl groups excluding tert-OH is 1. The fourth-order valence-electron chi connectivity index (χ4n) is 2.61. The molecule has 0 aliphatic heterocycles. The minimum absolute atomic E-state index is 0.189. The van der Waals surface area contributed by atoms with Crippen molar-refractivity contribution in [3.8, 4) is 0 Å². The molecule has 0 aromatic carbocycles. The van der Waals surface area contributed by atoms with Crippen LogP contribution in [0.15, 0.2) is 12.5 Å². The van der Waals surface area contributed by atoms with Gasteiger partial charge in [0.05, 0.1) is 18.5 Å². The Morgan fingerprint density at radius 2 is 1.77 bits per heavy atom. The van der Waals surface area contributed by atoms with Crippen molar-refractivity contribution < 1.29 is 29.4 Å². The van der Waals surface area contributed by atoms with Crippen LogP contribution in [0.5, 0.6) is 0 Å². The lowest BCUT2D eigenvalue weighted by Gasteiger charge is -2.28. The summed E-state index contributed by atoms with van der Waals surface area (Å²) in [4.78, 5) is 54.7. The van der Waals surface area contributed by atoms with Crippen LogP contribution >= 0.6 is 0 Å². The molecule has 0 spiro atoms. The average Bonchev–Trinajstić information content (AvgIpc) is 3.19. The van der Waals surface area contributed by atoms with Crippen LogP contribution in [0.4, 0.5) is 0 Å². The highest BCUT2D eigenvalue weighted by Gasteiger charge is 2.33. The van der Waals surface area contributed by atoms with Crippen molar-refractivity contribution in [1.29, 1.82) is 0 Å². The summed E-state index contributed by atoms with van der Waals surface area (Å²) in [6.07, 6.45) is 2.43. The Hall–Kier alpha value is -2.99. The molecule has 12 nitrogen and oxygen atoms in total. The molecule has 8 N–H and O–H groups in total. The summed E-state index contributed by atoms with van der Waals surface area (Å²) >= 11 is 0. The number of rotatable bonds is 12. The third-order valence-electron chi connectivity index (χ3n) is 4.60. The molecule has 3 amide bonds. The molecule has 1 rings (SSSR count). The molecule has 168 valence electrons. The van der Waals surface area contributed by atoms with Gasteiger partial charge in [0, 0.05) is 18.3 Å². The highest BCUT2D eigenvalue weighted by atomic mass is 16.4. The second-order valence-electron chi connectivity index (χ2n) is 7.10. The maximum absolute atomic E-state index is 12.8. The normalized spacial score (nSPS) is 15.9. The number of nitrogens with zero attached hydrogens (tertiary/aromatic N) is 1. The highest BCUT2D eigenvalue weighted by Crippen LogP contribution is 2.10. The standard InChI is InChI=1S/C18H30N6O6/c1-4-9(2)14(23-16(28)12(19)5-11-6-20-8-22-11)18(30)24-15(10(3)25)17(29)21-7-13(26)27/h6,8-10,12,14-15,25H,4-5,7,19H2,1-3H3,(H,20,22)(H,21,29)(H,23,28)(H,24,30)(H,26,27). The molecule has 12 heteroatoms. The number of carboxylic acids is 1. The number of aromatic nitrogens is 2. The van der Waals surface area contributed by atoms with Gasteiger partial charge in [0.2, 0.25) is 17.7 Å². The summed E-state index contributed by atoms with van der Waals surface area (Å²) in [6, 6.07) is -3.33. The summed E-state index contributed by atoms with van der Waals surface area (Å²) in [5.74, 6) is -3.68. The second-order valence-corrected chi connectivity index (χ2v) is 7.10. The van der Waals surface area contributed by atoms with Crippen molar-refractivity contribution in [3.63, 3.8) is 0 Å². The van der Waals surface area contributed by atoms with Crippen molar-refractivity contribution in [2.24, 2.45) is 11.7 Å². The van der Waals surface area contributed by atoms with Gasteiger partial charge in [-0.2, -0.15) is 0 Å². The van der Waals surface area contributed by atoms with Gasteiger partial charge >= 0.3 is 5.97 Å². The summed E-state index contributed by atoms with van der Waals surface area (Å²) < 4.78 is 0. The topological polar surface area (TPSA) is 200 Å². The van der Waals surface area contributed by atoms with Crippen LogP contribution in [0.1, 0.15) is 32.9 Å². The van der Waals surface area contributed by atoms with Crippen LogP contribution in [0, 0.1) is 5.92 Å². The lowest BCUT2D eigenvalue weighted by molar-refractivity contribution is -0.139. The molecule has 5 atom stereocenters. The van der Waals surface area contributed by atoms with Gasteiger partial charge in [-0.3, -0.25) is 19.2 Å². The van der Waals surface area contributed by atoms with Crippen LogP contribution in [-0.4, -0.2) is 74.6 Å². The molecule has 30 heavy (non-hydrogen) atoms. The van der Waals surface area contributed by atoms with Gasteiger partial charge in [0.25, 0.3) is 0 Å². The van der Waals surface area contributed by atoms with E-state index in [2.05, 4.69) is 25.9 Å². The number of carboxylic acid groups (broad SMARTS) is 1. The van der Waals surface area contributed by atoms with Gasteiger partial charge in [0.1, 0.15) is 18.6 Å². The SMILES string of the molecule is CCC(C)C(NC(=O)C(N)Cc1cnc[nH]1)C(=O)NC(C(=O)NCC(=O)O)C(C)O. The Balaban J connectivity index is 2.84. The molecular weight excluding hydrogens is 396 g/mol. The molecule has 0 fully saturated rings. The molecule has 1 aromatic rings. The van der Waals surface area contributed by atoms with Crippen LogP contribution < -0.4 is 21.7 Å². The number of amides is 3. The summed E-state index contributed by atoms with van der Waals surface area (Å²) in [5, 5.41) is 25.6. The molecule has 0 radical (unpaired) electrons. The quantitative estimate of drug-likeness (QED) is 0.196. The molecule has 1 aromatic heterocycles. The largest absolute Gasteiger partial charge is 0.480 e. The predicted molar refractivity (Wildman–Crippen MR) is 106 cm³/mol. The van der Waals surface area contributed by atoms with Crippen molar-refractivity contribution in [3.05, 3.63) is 18.2 Å². The summed E-state index contributed by atoms with van der Waals surface area (Å²) in [6.45, 7) is 4.19. The third-order valence-corrected chi connectivity index (χ3v) is 4.60. The Bertz CT molecular complexity index is 723. The first-order valence-corrected chi connectivity index (χ1v) is 9.57. The lowest BCUT2D eigenvalue weighted by atomic mass is 9.97. The Morgan fingerprint density at radius 1 is 1.13 bits per heavy atom. The van der Waals surface area contributed by atoms with E-state index in [-0.39, 0.29) is 12.3 Å². The highest BCUT2D eigenvalue weighted by molar-refractivity contribution is 5.94. The number of aromatic amines is 1. The molecule has 5 unspecified atom stereocenters. The maximum Gasteiger partial charge on any atom is 0.322 e. The average molecular weight is 426 g/mol. The molecule has 1 heterocycles. The summed E-state index contributed by atoms with van der Waals surface area (Å²) in [7, 11) is 0. The zero-order valence-electron chi connectivity index (χ0n) is 17.2. The van der Waals surface area contributed by atoms with E-state index in [1.165, 1.54) is 19.4 Å². The number of hydrogen-bond donors (Lipinski definition) is 7. The number of aliphatic hydroxyl groups is 1. The van der Waals surface area contributed by atoms with Crippen LogP contribution in [0.2, 0.25) is 0 Å². The number of imidazole rings is 1. The van der Waals surface area contributed by atoms with Crippen molar-refractivity contribution in [2.45, 2.75) is 57.8 Å². The van der Waals surface area contributed by atoms with Gasteiger partial charge in [-0.05, 0) is 12.8 Å². The molecular formula is C18H30N6O6. The van der Waals surface area contributed by atoms with Gasteiger partial charge < -0.3 is 36.9 Å². The van der Waals surface area contributed by atoms with E-state index < -0.39 is 54.5 Å². The second kappa shape index (κ2) is 11.9. The molecule has 0 saturated heterocycles. The number of nitrogens with one attached hydrogen (secondary N) is 4. The summed E-state index contributed by atoms with van der Waals surface area (Å²) in [5.41, 5.74) is 6.57. The van der Waals surface area contributed by atoms with Crippen LogP contribution in [-0.2, 0) is 25.6 Å². The number of hydrogen-bond acceptors (Lipinski definition) is 7. The Kier molecular flexibility index (Phi) is 9.92. The van der Waals surface area contributed by atoms with E-state index in [4.69, 9.17) is 10.8 Å². The van der Waals surface area contributed by atoms with E-state index >= 15 is 0 Å². The third kappa shape index (κ3) is 7.79.